The van der Waals surface area contributed by atoms with E-state index in [9.17, 15) is 0 Å². The van der Waals surface area contributed by atoms with Crippen molar-refractivity contribution < 1.29 is 0 Å². The predicted octanol–water partition coefficient (Wildman–Crippen LogP) is 2.25. The Morgan fingerprint density at radius 2 is 2.14 bits per heavy atom. The van der Waals surface area contributed by atoms with Crippen LogP contribution in [0.25, 0.3) is 0 Å². The largest absolute Gasteiger partial charge is 0.354 e. The van der Waals surface area contributed by atoms with Crippen LogP contribution in [0, 0.1) is 0 Å². The van der Waals surface area contributed by atoms with Crippen molar-refractivity contribution in [2.75, 3.05) is 31.1 Å². The zero-order valence-electron chi connectivity index (χ0n) is 13.4. The molecule has 0 spiro atoms. The van der Waals surface area contributed by atoms with Gasteiger partial charge in [-0.25, -0.2) is 4.98 Å². The number of aromatic nitrogens is 1. The average molecular weight is 288 g/mol. The number of nitrogens with one attached hydrogen (secondary N) is 1. The lowest BCUT2D eigenvalue weighted by atomic mass is 9.99. The van der Waals surface area contributed by atoms with Crippen molar-refractivity contribution >= 4 is 5.82 Å². The minimum atomic E-state index is 0.501. The topological polar surface area (TPSA) is 31.4 Å². The third-order valence-corrected chi connectivity index (χ3v) is 4.64. The molecule has 116 valence electrons. The first kappa shape index (κ1) is 14.8. The molecule has 1 aromatic rings. The molecule has 4 nitrogen and oxygen atoms in total. The minimum Gasteiger partial charge on any atom is -0.354 e. The summed E-state index contributed by atoms with van der Waals surface area (Å²) in [6.07, 6.45) is 4.12. The van der Waals surface area contributed by atoms with Gasteiger partial charge in [0.15, 0.2) is 0 Å². The van der Waals surface area contributed by atoms with Crippen molar-refractivity contribution in [2.45, 2.75) is 51.7 Å². The minimum absolute atomic E-state index is 0.501. The molecule has 0 aromatic carbocycles. The van der Waals surface area contributed by atoms with Gasteiger partial charge in [0.25, 0.3) is 0 Å². The van der Waals surface area contributed by atoms with Crippen LogP contribution in [0.5, 0.6) is 0 Å². The van der Waals surface area contributed by atoms with Crippen molar-refractivity contribution in [3.63, 3.8) is 0 Å². The van der Waals surface area contributed by atoms with Crippen LogP contribution in [0.3, 0.4) is 0 Å². The first-order valence-electron chi connectivity index (χ1n) is 8.40. The Kier molecular flexibility index (Phi) is 4.76. The van der Waals surface area contributed by atoms with Crippen LogP contribution in [0.15, 0.2) is 18.2 Å². The first-order valence-corrected chi connectivity index (χ1v) is 8.40. The van der Waals surface area contributed by atoms with Gasteiger partial charge in [-0.15, -0.1) is 0 Å². The molecule has 0 saturated carbocycles. The van der Waals surface area contributed by atoms with E-state index in [-0.39, 0.29) is 0 Å². The molecule has 1 aromatic heterocycles. The van der Waals surface area contributed by atoms with E-state index in [1.165, 1.54) is 32.4 Å². The number of hydrogen-bond acceptors (Lipinski definition) is 4. The number of fused-ring (bicyclic) bond motifs is 1. The molecule has 1 atom stereocenters. The van der Waals surface area contributed by atoms with Crippen molar-refractivity contribution in [2.24, 2.45) is 0 Å². The Balaban J connectivity index is 1.64. The molecule has 4 heteroatoms. The lowest BCUT2D eigenvalue weighted by molar-refractivity contribution is 0.133. The van der Waals surface area contributed by atoms with E-state index in [1.807, 2.05) is 0 Å². The Labute approximate surface area is 128 Å². The van der Waals surface area contributed by atoms with Gasteiger partial charge in [0, 0.05) is 38.3 Å². The van der Waals surface area contributed by atoms with Crippen molar-refractivity contribution in [1.29, 1.82) is 0 Å². The van der Waals surface area contributed by atoms with Crippen LogP contribution in [0.1, 0.15) is 38.8 Å². The molecule has 2 saturated heterocycles. The Bertz CT molecular complexity index is 460. The number of nitrogens with zero attached hydrogens (tertiary/aromatic N) is 3. The van der Waals surface area contributed by atoms with E-state index < -0.39 is 0 Å². The number of piperidine rings is 1. The zero-order chi connectivity index (χ0) is 14.7. The highest BCUT2D eigenvalue weighted by Gasteiger charge is 2.29. The quantitative estimate of drug-likeness (QED) is 0.921. The third kappa shape index (κ3) is 3.74. The van der Waals surface area contributed by atoms with E-state index in [0.717, 1.165) is 37.2 Å². The molecule has 0 radical (unpaired) electrons. The molecule has 21 heavy (non-hydrogen) atoms. The molecule has 2 aliphatic rings. The Morgan fingerprint density at radius 3 is 3.00 bits per heavy atom. The van der Waals surface area contributed by atoms with E-state index >= 15 is 0 Å². The molecule has 3 rings (SSSR count). The average Bonchev–Trinajstić information content (AvgIpc) is 2.53. The third-order valence-electron chi connectivity index (χ3n) is 4.64. The summed E-state index contributed by atoms with van der Waals surface area (Å²) >= 11 is 0. The van der Waals surface area contributed by atoms with Gasteiger partial charge >= 0.3 is 0 Å². The maximum absolute atomic E-state index is 4.85. The summed E-state index contributed by atoms with van der Waals surface area (Å²) < 4.78 is 0. The van der Waals surface area contributed by atoms with Crippen molar-refractivity contribution in [3.05, 3.63) is 23.9 Å². The fourth-order valence-corrected chi connectivity index (χ4v) is 3.41. The summed E-state index contributed by atoms with van der Waals surface area (Å²) in [5.41, 5.74) is 1.15. The van der Waals surface area contributed by atoms with Crippen molar-refractivity contribution in [3.8, 4) is 0 Å². The van der Waals surface area contributed by atoms with Gasteiger partial charge in [-0.3, -0.25) is 4.90 Å². The second-order valence-electron chi connectivity index (χ2n) is 6.65. The second kappa shape index (κ2) is 6.75. The van der Waals surface area contributed by atoms with Gasteiger partial charge in [-0.1, -0.05) is 26.3 Å². The maximum atomic E-state index is 4.85. The van der Waals surface area contributed by atoms with Crippen LogP contribution in [-0.2, 0) is 6.54 Å². The highest BCUT2D eigenvalue weighted by molar-refractivity contribution is 5.40. The number of pyridine rings is 1. The monoisotopic (exact) mass is 288 g/mol. The van der Waals surface area contributed by atoms with Crippen LogP contribution in [0.4, 0.5) is 5.82 Å². The standard InChI is InChI=1S/C17H28N4/c1-14(2)18-12-15-6-5-8-17(19-15)21-11-10-20-9-4-3-7-16(20)13-21/h5-6,8,14,16,18H,3-4,7,9-13H2,1-2H3. The normalized spacial score (nSPS) is 23.4. The summed E-state index contributed by atoms with van der Waals surface area (Å²) in [7, 11) is 0. The Hall–Kier alpha value is -1.13. The molecule has 1 N–H and O–H groups in total. The summed E-state index contributed by atoms with van der Waals surface area (Å²) in [6.45, 7) is 9.96. The van der Waals surface area contributed by atoms with Gasteiger partial charge < -0.3 is 10.2 Å². The maximum Gasteiger partial charge on any atom is 0.128 e. The predicted molar refractivity (Wildman–Crippen MR) is 87.6 cm³/mol. The molecule has 1 unspecified atom stereocenters. The molecule has 3 heterocycles. The van der Waals surface area contributed by atoms with Gasteiger partial charge in [0.1, 0.15) is 5.82 Å². The highest BCUT2D eigenvalue weighted by atomic mass is 15.3. The number of hydrogen-bond donors (Lipinski definition) is 1. The number of anilines is 1. The van der Waals surface area contributed by atoms with Crippen LogP contribution in [0.2, 0.25) is 0 Å². The second-order valence-corrected chi connectivity index (χ2v) is 6.65. The van der Waals surface area contributed by atoms with Crippen molar-refractivity contribution in [1.82, 2.24) is 15.2 Å². The molecular weight excluding hydrogens is 260 g/mol. The van der Waals surface area contributed by atoms with E-state index in [1.54, 1.807) is 0 Å². The SMILES string of the molecule is CC(C)NCc1cccc(N2CCN3CCCCC3C2)n1. The molecular formula is C17H28N4. The fourth-order valence-electron chi connectivity index (χ4n) is 3.41. The summed E-state index contributed by atoms with van der Waals surface area (Å²) in [4.78, 5) is 10.00. The first-order chi connectivity index (χ1) is 10.2. The highest BCUT2D eigenvalue weighted by Crippen LogP contribution is 2.24. The van der Waals surface area contributed by atoms with Crippen LogP contribution in [-0.4, -0.2) is 48.1 Å². The van der Waals surface area contributed by atoms with E-state index in [2.05, 4.69) is 47.2 Å². The summed E-state index contributed by atoms with van der Waals surface area (Å²) in [6, 6.07) is 7.67. The lowest BCUT2D eigenvalue weighted by Gasteiger charge is -2.44. The van der Waals surface area contributed by atoms with E-state index in [4.69, 9.17) is 4.98 Å². The number of rotatable bonds is 4. The molecule has 0 aliphatic carbocycles. The Morgan fingerprint density at radius 1 is 1.24 bits per heavy atom. The van der Waals surface area contributed by atoms with Gasteiger partial charge in [0.05, 0.1) is 5.69 Å². The van der Waals surface area contributed by atoms with Crippen LogP contribution >= 0.6 is 0 Å². The van der Waals surface area contributed by atoms with Crippen LogP contribution < -0.4 is 10.2 Å². The molecule has 2 aliphatic heterocycles. The molecule has 0 bridgehead atoms. The molecule has 0 amide bonds. The van der Waals surface area contributed by atoms with Gasteiger partial charge in [-0.2, -0.15) is 0 Å². The van der Waals surface area contributed by atoms with E-state index in [0.29, 0.717) is 6.04 Å². The summed E-state index contributed by atoms with van der Waals surface area (Å²) in [5, 5.41) is 3.45. The van der Waals surface area contributed by atoms with Gasteiger partial charge in [-0.05, 0) is 31.5 Å². The zero-order valence-corrected chi connectivity index (χ0v) is 13.4. The van der Waals surface area contributed by atoms with Gasteiger partial charge in [0.2, 0.25) is 0 Å². The smallest absolute Gasteiger partial charge is 0.128 e. The summed E-state index contributed by atoms with van der Waals surface area (Å²) in [5.74, 6) is 1.16. The number of piperazine rings is 1. The lowest BCUT2D eigenvalue weighted by Crippen LogP contribution is -2.55. The fraction of sp³-hybridized carbons (Fsp3) is 0.706. The molecule has 2 fully saturated rings.